The Balaban J connectivity index is 1.76. The van der Waals surface area contributed by atoms with Gasteiger partial charge >= 0.3 is 5.97 Å². The highest BCUT2D eigenvalue weighted by Gasteiger charge is 2.26. The zero-order valence-electron chi connectivity index (χ0n) is 13.3. The van der Waals surface area contributed by atoms with E-state index in [0.29, 0.717) is 25.3 Å². The van der Waals surface area contributed by atoms with Gasteiger partial charge in [-0.15, -0.1) is 11.3 Å². The maximum Gasteiger partial charge on any atom is 0.306 e. The lowest BCUT2D eigenvalue weighted by Gasteiger charge is -2.32. The molecule has 1 saturated heterocycles. The molecular weight excluding hydrogens is 328 g/mol. The second-order valence-electron chi connectivity index (χ2n) is 5.72. The molecule has 7 heteroatoms. The Labute approximate surface area is 143 Å². The molecule has 3 rings (SSSR count). The molecule has 1 N–H and O–H groups in total. The summed E-state index contributed by atoms with van der Waals surface area (Å²) in [7, 11) is 0. The summed E-state index contributed by atoms with van der Waals surface area (Å²) >= 11 is 1.54. The summed E-state index contributed by atoms with van der Waals surface area (Å²) in [6.07, 6.45) is -0.549. The third-order valence-electron chi connectivity index (χ3n) is 3.80. The van der Waals surface area contributed by atoms with E-state index in [0.717, 1.165) is 16.3 Å². The average Bonchev–Trinajstić information content (AvgIpc) is 3.00. The number of morpholine rings is 1. The van der Waals surface area contributed by atoms with Gasteiger partial charge in [0, 0.05) is 35.3 Å². The van der Waals surface area contributed by atoms with Gasteiger partial charge in [-0.05, 0) is 19.1 Å². The van der Waals surface area contributed by atoms with Crippen molar-refractivity contribution < 1.29 is 19.4 Å². The van der Waals surface area contributed by atoms with Gasteiger partial charge in [-0.1, -0.05) is 12.1 Å². The summed E-state index contributed by atoms with van der Waals surface area (Å²) in [6.45, 7) is 3.06. The predicted molar refractivity (Wildman–Crippen MR) is 90.2 cm³/mol. The molecule has 0 aliphatic carbocycles. The Morgan fingerprint density at radius 3 is 3.00 bits per heavy atom. The lowest BCUT2D eigenvalue weighted by molar-refractivity contribution is -0.141. The zero-order valence-corrected chi connectivity index (χ0v) is 14.1. The highest BCUT2D eigenvalue weighted by Crippen LogP contribution is 2.25. The van der Waals surface area contributed by atoms with E-state index in [9.17, 15) is 9.59 Å². The van der Waals surface area contributed by atoms with E-state index in [1.54, 1.807) is 22.3 Å². The Bertz CT molecular complexity index is 759. The summed E-state index contributed by atoms with van der Waals surface area (Å²) < 4.78 is 5.42. The number of carboxylic acid groups (broad SMARTS) is 1. The number of benzene rings is 1. The number of thiazole rings is 1. The first-order chi connectivity index (χ1) is 11.5. The van der Waals surface area contributed by atoms with Crippen molar-refractivity contribution in [2.45, 2.75) is 19.4 Å². The average molecular weight is 346 g/mol. The molecule has 126 valence electrons. The maximum atomic E-state index is 12.7. The minimum Gasteiger partial charge on any atom is -0.481 e. The van der Waals surface area contributed by atoms with Crippen LogP contribution in [0.2, 0.25) is 0 Å². The number of rotatable bonds is 4. The Kier molecular flexibility index (Phi) is 4.92. The Morgan fingerprint density at radius 2 is 2.29 bits per heavy atom. The van der Waals surface area contributed by atoms with E-state index in [1.165, 1.54) is 0 Å². The van der Waals surface area contributed by atoms with E-state index in [1.807, 2.05) is 30.5 Å². The van der Waals surface area contributed by atoms with Crippen LogP contribution in [0.15, 0.2) is 29.6 Å². The van der Waals surface area contributed by atoms with Crippen LogP contribution < -0.4 is 0 Å². The number of carboxylic acids is 1. The molecule has 24 heavy (non-hydrogen) atoms. The van der Waals surface area contributed by atoms with Gasteiger partial charge in [-0.3, -0.25) is 9.59 Å². The van der Waals surface area contributed by atoms with Gasteiger partial charge in [0.2, 0.25) is 0 Å². The molecule has 2 heterocycles. The van der Waals surface area contributed by atoms with Crippen LogP contribution in [0.4, 0.5) is 0 Å². The zero-order chi connectivity index (χ0) is 17.1. The summed E-state index contributed by atoms with van der Waals surface area (Å²) in [5.41, 5.74) is 2.45. The van der Waals surface area contributed by atoms with E-state index in [2.05, 4.69) is 4.98 Å². The fourth-order valence-electron chi connectivity index (χ4n) is 2.68. The minimum absolute atomic E-state index is 0.0950. The highest BCUT2D eigenvalue weighted by atomic mass is 32.1. The van der Waals surface area contributed by atoms with Crippen LogP contribution in [0, 0.1) is 6.92 Å². The van der Waals surface area contributed by atoms with Crippen LogP contribution >= 0.6 is 11.3 Å². The molecule has 1 atom stereocenters. The number of hydrogen-bond donors (Lipinski definition) is 1. The number of aliphatic carboxylic acids is 1. The number of carbonyl (C=O) groups excluding carboxylic acids is 1. The van der Waals surface area contributed by atoms with Gasteiger partial charge in [0.15, 0.2) is 0 Å². The predicted octanol–water partition coefficient (Wildman–Crippen LogP) is 2.43. The van der Waals surface area contributed by atoms with Crippen molar-refractivity contribution in [1.82, 2.24) is 9.88 Å². The van der Waals surface area contributed by atoms with Crippen molar-refractivity contribution in [2.75, 3.05) is 19.7 Å². The molecule has 1 aliphatic rings. The number of carbonyl (C=O) groups is 2. The molecule has 6 nitrogen and oxygen atoms in total. The monoisotopic (exact) mass is 346 g/mol. The highest BCUT2D eigenvalue weighted by molar-refractivity contribution is 7.13. The van der Waals surface area contributed by atoms with Gasteiger partial charge in [-0.25, -0.2) is 4.98 Å². The second-order valence-corrected chi connectivity index (χ2v) is 6.57. The van der Waals surface area contributed by atoms with Crippen molar-refractivity contribution in [3.05, 3.63) is 40.9 Å². The van der Waals surface area contributed by atoms with Crippen molar-refractivity contribution in [2.24, 2.45) is 0 Å². The molecule has 1 aromatic heterocycles. The number of amides is 1. The fraction of sp³-hybridized carbons (Fsp3) is 0.353. The van der Waals surface area contributed by atoms with Crippen LogP contribution in [0.1, 0.15) is 22.5 Å². The van der Waals surface area contributed by atoms with E-state index in [4.69, 9.17) is 9.84 Å². The van der Waals surface area contributed by atoms with Crippen LogP contribution in [0.5, 0.6) is 0 Å². The number of ether oxygens (including phenoxy) is 1. The summed E-state index contributed by atoms with van der Waals surface area (Å²) in [6, 6.07) is 7.38. The minimum atomic E-state index is -0.921. The SMILES string of the molecule is Cc1csc(-c2cccc(C(=O)N3CCOC(CC(=O)O)C3)c2)n1. The molecule has 0 bridgehead atoms. The lowest BCUT2D eigenvalue weighted by Crippen LogP contribution is -2.46. The smallest absolute Gasteiger partial charge is 0.306 e. The van der Waals surface area contributed by atoms with Crippen molar-refractivity contribution >= 4 is 23.2 Å². The fourth-order valence-corrected chi connectivity index (χ4v) is 3.47. The Morgan fingerprint density at radius 1 is 1.46 bits per heavy atom. The summed E-state index contributed by atoms with van der Waals surface area (Å²) in [5.74, 6) is -1.03. The van der Waals surface area contributed by atoms with Crippen molar-refractivity contribution in [3.63, 3.8) is 0 Å². The van der Waals surface area contributed by atoms with Gasteiger partial charge in [0.1, 0.15) is 5.01 Å². The molecule has 0 saturated carbocycles. The third kappa shape index (κ3) is 3.80. The van der Waals surface area contributed by atoms with Crippen LogP contribution in [0.3, 0.4) is 0 Å². The molecule has 1 aromatic carbocycles. The first-order valence-electron chi connectivity index (χ1n) is 7.68. The normalized spacial score (nSPS) is 17.7. The largest absolute Gasteiger partial charge is 0.481 e. The molecule has 2 aromatic rings. The van der Waals surface area contributed by atoms with E-state index in [-0.39, 0.29) is 12.3 Å². The van der Waals surface area contributed by atoms with Crippen LogP contribution in [0.25, 0.3) is 10.6 Å². The molecule has 1 amide bonds. The molecule has 1 aliphatic heterocycles. The topological polar surface area (TPSA) is 79.7 Å². The first-order valence-corrected chi connectivity index (χ1v) is 8.56. The first kappa shape index (κ1) is 16.6. The molecule has 1 fully saturated rings. The molecular formula is C17H18N2O4S. The van der Waals surface area contributed by atoms with Crippen LogP contribution in [-0.2, 0) is 9.53 Å². The van der Waals surface area contributed by atoms with Crippen LogP contribution in [-0.4, -0.2) is 52.7 Å². The molecule has 1 unspecified atom stereocenters. The standard InChI is InChI=1S/C17H18N2O4S/c1-11-10-24-16(18-11)12-3-2-4-13(7-12)17(22)19-5-6-23-14(9-19)8-15(20)21/h2-4,7,10,14H,5-6,8-9H2,1H3,(H,20,21). The van der Waals surface area contributed by atoms with Crippen molar-refractivity contribution in [1.29, 1.82) is 0 Å². The second kappa shape index (κ2) is 7.11. The summed E-state index contributed by atoms with van der Waals surface area (Å²) in [4.78, 5) is 29.7. The van der Waals surface area contributed by atoms with Gasteiger partial charge in [0.25, 0.3) is 5.91 Å². The maximum absolute atomic E-state index is 12.7. The van der Waals surface area contributed by atoms with E-state index < -0.39 is 12.1 Å². The Hall–Kier alpha value is -2.25. The lowest BCUT2D eigenvalue weighted by atomic mass is 10.1. The molecule has 0 spiro atoms. The number of hydrogen-bond acceptors (Lipinski definition) is 5. The quantitative estimate of drug-likeness (QED) is 0.920. The number of aromatic nitrogens is 1. The van der Waals surface area contributed by atoms with E-state index >= 15 is 0 Å². The summed E-state index contributed by atoms with van der Waals surface area (Å²) in [5, 5.41) is 11.7. The van der Waals surface area contributed by atoms with Gasteiger partial charge < -0.3 is 14.7 Å². The third-order valence-corrected chi connectivity index (χ3v) is 4.81. The number of nitrogens with zero attached hydrogens (tertiary/aromatic N) is 2. The number of aryl methyl sites for hydroxylation is 1. The van der Waals surface area contributed by atoms with Crippen molar-refractivity contribution in [3.8, 4) is 10.6 Å². The van der Waals surface area contributed by atoms with Gasteiger partial charge in [-0.2, -0.15) is 0 Å². The molecule has 0 radical (unpaired) electrons. The van der Waals surface area contributed by atoms with Gasteiger partial charge in [0.05, 0.1) is 19.1 Å².